The van der Waals surface area contributed by atoms with Gasteiger partial charge in [-0.1, -0.05) is 20.8 Å². The number of amides is 1. The zero-order valence-electron chi connectivity index (χ0n) is 11.0. The van der Waals surface area contributed by atoms with Gasteiger partial charge < -0.3 is 11.1 Å². The molecule has 2 atom stereocenters. The van der Waals surface area contributed by atoms with Gasteiger partial charge in [-0.3, -0.25) is 4.79 Å². The van der Waals surface area contributed by atoms with Crippen LogP contribution in [0.2, 0.25) is 0 Å². The van der Waals surface area contributed by atoms with Crippen molar-refractivity contribution in [3.8, 4) is 0 Å². The van der Waals surface area contributed by atoms with Crippen LogP contribution in [0, 0.1) is 11.8 Å². The molecule has 0 aromatic heterocycles. The summed E-state index contributed by atoms with van der Waals surface area (Å²) in [7, 11) is 0. The molecule has 0 saturated carbocycles. The molecule has 0 bridgehead atoms. The first kappa shape index (κ1) is 15.8. The summed E-state index contributed by atoms with van der Waals surface area (Å²) >= 11 is 1.76. The van der Waals surface area contributed by atoms with Crippen LogP contribution in [0.15, 0.2) is 0 Å². The van der Waals surface area contributed by atoms with Crippen LogP contribution >= 0.6 is 11.8 Å². The standard InChI is InChI=1S/C12H26N2OS/c1-9(2)5-11(7-13)6-12(15)14-8-10(3)16-4/h9-11H,5-8,13H2,1-4H3,(H,14,15)/t10?,11-/m0/s1. The molecule has 0 aromatic carbocycles. The van der Waals surface area contributed by atoms with Crippen molar-refractivity contribution in [1.82, 2.24) is 5.32 Å². The van der Waals surface area contributed by atoms with E-state index in [2.05, 4.69) is 32.3 Å². The van der Waals surface area contributed by atoms with Crippen molar-refractivity contribution < 1.29 is 4.79 Å². The van der Waals surface area contributed by atoms with Crippen molar-refractivity contribution in [3.05, 3.63) is 0 Å². The highest BCUT2D eigenvalue weighted by atomic mass is 32.2. The maximum atomic E-state index is 11.6. The van der Waals surface area contributed by atoms with E-state index < -0.39 is 0 Å². The second-order valence-corrected chi connectivity index (χ2v) is 6.06. The van der Waals surface area contributed by atoms with Gasteiger partial charge in [0.2, 0.25) is 5.91 Å². The molecule has 1 unspecified atom stereocenters. The first-order valence-electron chi connectivity index (χ1n) is 5.99. The molecule has 0 saturated heterocycles. The molecular formula is C12H26N2OS. The van der Waals surface area contributed by atoms with E-state index in [1.54, 1.807) is 11.8 Å². The molecule has 4 heteroatoms. The SMILES string of the molecule is CSC(C)CNC(=O)C[C@@H](CN)CC(C)C. The lowest BCUT2D eigenvalue weighted by Crippen LogP contribution is -2.32. The average molecular weight is 246 g/mol. The van der Waals surface area contributed by atoms with Crippen LogP contribution in [0.4, 0.5) is 0 Å². The predicted molar refractivity (Wildman–Crippen MR) is 72.6 cm³/mol. The molecule has 0 fully saturated rings. The highest BCUT2D eigenvalue weighted by Crippen LogP contribution is 2.14. The zero-order chi connectivity index (χ0) is 12.6. The van der Waals surface area contributed by atoms with Gasteiger partial charge >= 0.3 is 0 Å². The molecule has 0 heterocycles. The third kappa shape index (κ3) is 7.99. The Labute approximate surface area is 104 Å². The highest BCUT2D eigenvalue weighted by Gasteiger charge is 2.14. The van der Waals surface area contributed by atoms with Crippen molar-refractivity contribution in [2.45, 2.75) is 38.9 Å². The minimum Gasteiger partial charge on any atom is -0.355 e. The molecule has 3 nitrogen and oxygen atoms in total. The molecule has 96 valence electrons. The van der Waals surface area contributed by atoms with Gasteiger partial charge in [-0.05, 0) is 31.1 Å². The summed E-state index contributed by atoms with van der Waals surface area (Å²) in [6, 6.07) is 0. The normalized spacial score (nSPS) is 14.9. The first-order valence-corrected chi connectivity index (χ1v) is 7.27. The summed E-state index contributed by atoms with van der Waals surface area (Å²) in [4.78, 5) is 11.6. The largest absolute Gasteiger partial charge is 0.355 e. The lowest BCUT2D eigenvalue weighted by atomic mass is 9.94. The third-order valence-electron chi connectivity index (χ3n) is 2.60. The third-order valence-corrected chi connectivity index (χ3v) is 3.57. The fourth-order valence-corrected chi connectivity index (χ4v) is 1.85. The van der Waals surface area contributed by atoms with E-state index in [1.165, 1.54) is 0 Å². The number of nitrogens with two attached hydrogens (primary N) is 1. The van der Waals surface area contributed by atoms with Crippen molar-refractivity contribution in [1.29, 1.82) is 0 Å². The quantitative estimate of drug-likeness (QED) is 0.687. The minimum absolute atomic E-state index is 0.136. The molecule has 0 rings (SSSR count). The summed E-state index contributed by atoms with van der Waals surface area (Å²) in [5, 5.41) is 3.43. The maximum Gasteiger partial charge on any atom is 0.220 e. The van der Waals surface area contributed by atoms with Gasteiger partial charge in [0.25, 0.3) is 0 Å². The Balaban J connectivity index is 3.82. The van der Waals surface area contributed by atoms with Gasteiger partial charge in [-0.15, -0.1) is 0 Å². The Hall–Kier alpha value is -0.220. The van der Waals surface area contributed by atoms with Crippen molar-refractivity contribution in [2.24, 2.45) is 17.6 Å². The molecule has 0 spiro atoms. The number of carbonyl (C=O) groups is 1. The zero-order valence-corrected chi connectivity index (χ0v) is 11.8. The number of hydrogen-bond acceptors (Lipinski definition) is 3. The van der Waals surface area contributed by atoms with E-state index in [0.29, 0.717) is 30.1 Å². The van der Waals surface area contributed by atoms with Crippen molar-refractivity contribution in [3.63, 3.8) is 0 Å². The second-order valence-electron chi connectivity index (χ2n) is 4.79. The number of rotatable bonds is 8. The number of thioether (sulfide) groups is 1. The first-order chi connectivity index (χ1) is 7.49. The van der Waals surface area contributed by atoms with E-state index >= 15 is 0 Å². The van der Waals surface area contributed by atoms with E-state index in [0.717, 1.165) is 13.0 Å². The van der Waals surface area contributed by atoms with E-state index in [-0.39, 0.29) is 5.91 Å². The van der Waals surface area contributed by atoms with Gasteiger partial charge in [0.05, 0.1) is 0 Å². The second kappa shape index (κ2) is 8.88. The predicted octanol–water partition coefficient (Wildman–Crippen LogP) is 1.87. The van der Waals surface area contributed by atoms with Crippen LogP contribution in [-0.4, -0.2) is 30.5 Å². The highest BCUT2D eigenvalue weighted by molar-refractivity contribution is 7.99. The van der Waals surface area contributed by atoms with Crippen LogP contribution in [0.25, 0.3) is 0 Å². The molecule has 1 amide bonds. The lowest BCUT2D eigenvalue weighted by Gasteiger charge is -2.17. The van der Waals surface area contributed by atoms with Crippen LogP contribution in [0.3, 0.4) is 0 Å². The Kier molecular flexibility index (Phi) is 8.76. The van der Waals surface area contributed by atoms with Gasteiger partial charge in [0, 0.05) is 18.2 Å². The summed E-state index contributed by atoms with van der Waals surface area (Å²) in [5.41, 5.74) is 5.67. The summed E-state index contributed by atoms with van der Waals surface area (Å²) in [6.45, 7) is 7.79. The monoisotopic (exact) mass is 246 g/mol. The van der Waals surface area contributed by atoms with E-state index in [9.17, 15) is 4.79 Å². The van der Waals surface area contributed by atoms with Crippen LogP contribution in [0.5, 0.6) is 0 Å². The fourth-order valence-electron chi connectivity index (χ4n) is 1.60. The molecule has 0 aliphatic rings. The summed E-state index contributed by atoms with van der Waals surface area (Å²) in [6.07, 6.45) is 3.65. The number of carbonyl (C=O) groups excluding carboxylic acids is 1. The Morgan fingerprint density at radius 1 is 1.38 bits per heavy atom. The van der Waals surface area contributed by atoms with Gasteiger partial charge in [0.15, 0.2) is 0 Å². The molecule has 0 aliphatic heterocycles. The Morgan fingerprint density at radius 3 is 2.44 bits per heavy atom. The Bertz CT molecular complexity index is 197. The van der Waals surface area contributed by atoms with Crippen LogP contribution < -0.4 is 11.1 Å². The summed E-state index contributed by atoms with van der Waals surface area (Å²) < 4.78 is 0. The molecule has 3 N–H and O–H groups in total. The average Bonchev–Trinajstić information content (AvgIpc) is 2.24. The minimum atomic E-state index is 0.136. The van der Waals surface area contributed by atoms with E-state index in [1.807, 2.05) is 0 Å². The Morgan fingerprint density at radius 2 is 2.00 bits per heavy atom. The van der Waals surface area contributed by atoms with Crippen molar-refractivity contribution >= 4 is 17.7 Å². The number of nitrogens with one attached hydrogen (secondary N) is 1. The molecular weight excluding hydrogens is 220 g/mol. The van der Waals surface area contributed by atoms with Crippen molar-refractivity contribution in [2.75, 3.05) is 19.3 Å². The summed E-state index contributed by atoms with van der Waals surface area (Å²) in [5.74, 6) is 1.06. The molecule has 16 heavy (non-hydrogen) atoms. The lowest BCUT2D eigenvalue weighted by molar-refractivity contribution is -0.122. The fraction of sp³-hybridized carbons (Fsp3) is 0.917. The van der Waals surface area contributed by atoms with Gasteiger partial charge in [0.1, 0.15) is 0 Å². The smallest absolute Gasteiger partial charge is 0.220 e. The maximum absolute atomic E-state index is 11.6. The van der Waals surface area contributed by atoms with Crippen LogP contribution in [0.1, 0.15) is 33.6 Å². The molecule has 0 radical (unpaired) electrons. The van der Waals surface area contributed by atoms with Gasteiger partial charge in [-0.25, -0.2) is 0 Å². The van der Waals surface area contributed by atoms with Crippen LogP contribution in [-0.2, 0) is 4.79 Å². The topological polar surface area (TPSA) is 55.1 Å². The van der Waals surface area contributed by atoms with Gasteiger partial charge in [-0.2, -0.15) is 11.8 Å². The number of hydrogen-bond donors (Lipinski definition) is 2. The molecule has 0 aliphatic carbocycles. The molecule has 0 aromatic rings. The van der Waals surface area contributed by atoms with E-state index in [4.69, 9.17) is 5.73 Å².